The Labute approximate surface area is 139 Å². The fourth-order valence-corrected chi connectivity index (χ4v) is 2.44. The van der Waals surface area contributed by atoms with Crippen molar-refractivity contribution in [1.82, 2.24) is 0 Å². The molecule has 1 aromatic heterocycles. The average molecular weight is 349 g/mol. The van der Waals surface area contributed by atoms with Gasteiger partial charge in [-0.2, -0.15) is 0 Å². The summed E-state index contributed by atoms with van der Waals surface area (Å²) >= 11 is 1.20. The number of thiophene rings is 1. The van der Waals surface area contributed by atoms with E-state index in [4.69, 9.17) is 4.74 Å². The van der Waals surface area contributed by atoms with E-state index in [1.165, 1.54) is 11.3 Å². The van der Waals surface area contributed by atoms with Gasteiger partial charge in [-0.1, -0.05) is 6.07 Å². The number of ketones is 1. The van der Waals surface area contributed by atoms with Gasteiger partial charge in [-0.3, -0.25) is 14.9 Å². The molecule has 0 N–H and O–H groups in total. The number of ether oxygens (including phenoxy) is 2. The lowest BCUT2D eigenvalue weighted by molar-refractivity contribution is -0.384. The Kier molecular flexibility index (Phi) is 5.38. The number of nitrogens with zero attached hydrogens (tertiary/aromatic N) is 1. The minimum Gasteiger partial charge on any atom is -0.465 e. The van der Waals surface area contributed by atoms with E-state index in [-0.39, 0.29) is 11.1 Å². The first kappa shape index (κ1) is 17.3. The van der Waals surface area contributed by atoms with Crippen molar-refractivity contribution in [3.05, 3.63) is 61.8 Å². The van der Waals surface area contributed by atoms with Crippen LogP contribution >= 0.6 is 11.3 Å². The molecule has 0 amide bonds. The van der Waals surface area contributed by atoms with Crippen molar-refractivity contribution in [2.45, 2.75) is 0 Å². The van der Waals surface area contributed by atoms with Gasteiger partial charge in [-0.05, 0) is 17.5 Å². The van der Waals surface area contributed by atoms with Crippen LogP contribution in [-0.2, 0) is 9.47 Å². The zero-order valence-electron chi connectivity index (χ0n) is 12.4. The summed E-state index contributed by atoms with van der Waals surface area (Å²) in [4.78, 5) is 45.9. The predicted molar refractivity (Wildman–Crippen MR) is 83.4 cm³/mol. The summed E-state index contributed by atoms with van der Waals surface area (Å²) in [5.41, 5.74) is -0.846. The fourth-order valence-electron chi connectivity index (χ4n) is 1.79. The first-order chi connectivity index (χ1) is 11.4. The monoisotopic (exact) mass is 349 g/mol. The third kappa shape index (κ3) is 4.02. The molecule has 2 aromatic rings. The number of non-ortho nitro benzene ring substituents is 1. The Bertz CT molecular complexity index is 798. The largest absolute Gasteiger partial charge is 0.465 e. The Balaban J connectivity index is 2.18. The number of carbonyl (C=O) groups is 3. The van der Waals surface area contributed by atoms with Gasteiger partial charge in [0.2, 0.25) is 5.78 Å². The molecular weight excluding hydrogens is 338 g/mol. The standard InChI is InChI=1S/C15H11NO7S/c1-22-14(18)9-5-10(7-11(6-9)16(20)21)15(19)23-8-12(17)13-3-2-4-24-13/h2-7H,8H2,1H3. The number of nitro groups is 1. The number of methoxy groups -OCH3 is 1. The fraction of sp³-hybridized carbons (Fsp3) is 0.133. The Morgan fingerprint density at radius 3 is 2.38 bits per heavy atom. The summed E-state index contributed by atoms with van der Waals surface area (Å²) in [7, 11) is 1.11. The second-order valence-corrected chi connectivity index (χ2v) is 5.44. The molecule has 0 aliphatic rings. The minimum absolute atomic E-state index is 0.164. The molecule has 0 aliphatic heterocycles. The first-order valence-corrected chi connectivity index (χ1v) is 7.42. The van der Waals surface area contributed by atoms with Crippen molar-refractivity contribution < 1.29 is 28.8 Å². The van der Waals surface area contributed by atoms with Crippen molar-refractivity contribution in [3.8, 4) is 0 Å². The molecule has 0 saturated heterocycles. The zero-order valence-corrected chi connectivity index (χ0v) is 13.2. The molecule has 0 saturated carbocycles. The van der Waals surface area contributed by atoms with E-state index in [0.29, 0.717) is 4.88 Å². The van der Waals surface area contributed by atoms with E-state index in [9.17, 15) is 24.5 Å². The minimum atomic E-state index is -0.950. The van der Waals surface area contributed by atoms with Crippen molar-refractivity contribution in [1.29, 1.82) is 0 Å². The molecule has 24 heavy (non-hydrogen) atoms. The summed E-state index contributed by atoms with van der Waals surface area (Å²) in [6.07, 6.45) is 0. The average Bonchev–Trinajstić information content (AvgIpc) is 3.12. The van der Waals surface area contributed by atoms with Crippen LogP contribution in [0.2, 0.25) is 0 Å². The Morgan fingerprint density at radius 2 is 1.83 bits per heavy atom. The van der Waals surface area contributed by atoms with Crippen molar-refractivity contribution in [2.24, 2.45) is 0 Å². The van der Waals surface area contributed by atoms with Crippen LogP contribution in [0.5, 0.6) is 0 Å². The van der Waals surface area contributed by atoms with E-state index in [1.807, 2.05) is 0 Å². The molecule has 1 aromatic carbocycles. The van der Waals surface area contributed by atoms with Gasteiger partial charge in [-0.15, -0.1) is 11.3 Å². The highest BCUT2D eigenvalue weighted by atomic mass is 32.1. The van der Waals surface area contributed by atoms with Gasteiger partial charge in [0.25, 0.3) is 5.69 Å². The molecule has 0 spiro atoms. The van der Waals surface area contributed by atoms with Gasteiger partial charge in [0.1, 0.15) is 0 Å². The lowest BCUT2D eigenvalue weighted by Crippen LogP contribution is -2.14. The lowest BCUT2D eigenvalue weighted by Gasteiger charge is -2.05. The Morgan fingerprint density at radius 1 is 1.17 bits per heavy atom. The van der Waals surface area contributed by atoms with E-state index in [0.717, 1.165) is 25.3 Å². The van der Waals surface area contributed by atoms with Crippen LogP contribution in [0.3, 0.4) is 0 Å². The van der Waals surface area contributed by atoms with Crippen molar-refractivity contribution in [3.63, 3.8) is 0 Å². The molecule has 0 unspecified atom stereocenters. The van der Waals surface area contributed by atoms with Crippen LogP contribution in [0, 0.1) is 10.1 Å². The maximum absolute atomic E-state index is 12.0. The highest BCUT2D eigenvalue weighted by Crippen LogP contribution is 2.19. The maximum atomic E-state index is 12.0. The molecular formula is C15H11NO7S. The third-order valence-corrected chi connectivity index (χ3v) is 3.83. The molecule has 0 fully saturated rings. The third-order valence-electron chi connectivity index (χ3n) is 2.92. The molecule has 2 rings (SSSR count). The van der Waals surface area contributed by atoms with Crippen LogP contribution in [0.15, 0.2) is 35.7 Å². The highest BCUT2D eigenvalue weighted by Gasteiger charge is 2.20. The quantitative estimate of drug-likeness (QED) is 0.341. The number of carbonyl (C=O) groups excluding carboxylic acids is 3. The molecule has 0 aliphatic carbocycles. The number of esters is 2. The summed E-state index contributed by atoms with van der Waals surface area (Å²) < 4.78 is 9.35. The van der Waals surface area contributed by atoms with Crippen LogP contribution in [-0.4, -0.2) is 36.4 Å². The van der Waals surface area contributed by atoms with E-state index in [2.05, 4.69) is 4.74 Å². The summed E-state index contributed by atoms with van der Waals surface area (Å²) in [5.74, 6) is -2.17. The molecule has 9 heteroatoms. The number of benzene rings is 1. The topological polar surface area (TPSA) is 113 Å². The molecule has 8 nitrogen and oxygen atoms in total. The van der Waals surface area contributed by atoms with Crippen LogP contribution in [0.4, 0.5) is 5.69 Å². The van der Waals surface area contributed by atoms with Gasteiger partial charge in [0, 0.05) is 12.1 Å². The second kappa shape index (κ2) is 7.47. The lowest BCUT2D eigenvalue weighted by atomic mass is 10.1. The van der Waals surface area contributed by atoms with Gasteiger partial charge in [-0.25, -0.2) is 9.59 Å². The summed E-state index contributed by atoms with van der Waals surface area (Å²) in [6, 6.07) is 6.33. The number of hydrogen-bond acceptors (Lipinski definition) is 8. The number of Topliss-reactive ketones (excluding diaryl/α,β-unsaturated/α-hetero) is 1. The predicted octanol–water partition coefficient (Wildman–Crippen LogP) is 2.48. The molecule has 0 bridgehead atoms. The maximum Gasteiger partial charge on any atom is 0.338 e. The summed E-state index contributed by atoms with van der Waals surface area (Å²) in [6.45, 7) is -0.504. The van der Waals surface area contributed by atoms with Gasteiger partial charge in [0.05, 0.1) is 28.0 Å². The smallest absolute Gasteiger partial charge is 0.338 e. The van der Waals surface area contributed by atoms with Crippen LogP contribution < -0.4 is 0 Å². The normalized spacial score (nSPS) is 10.0. The van der Waals surface area contributed by atoms with E-state index in [1.54, 1.807) is 17.5 Å². The van der Waals surface area contributed by atoms with Crippen LogP contribution in [0.1, 0.15) is 30.4 Å². The van der Waals surface area contributed by atoms with Gasteiger partial charge >= 0.3 is 11.9 Å². The first-order valence-electron chi connectivity index (χ1n) is 6.54. The van der Waals surface area contributed by atoms with Crippen LogP contribution in [0.25, 0.3) is 0 Å². The number of hydrogen-bond donors (Lipinski definition) is 0. The van der Waals surface area contributed by atoms with E-state index >= 15 is 0 Å². The van der Waals surface area contributed by atoms with E-state index < -0.39 is 34.9 Å². The Hall–Kier alpha value is -3.07. The zero-order chi connectivity index (χ0) is 17.7. The van der Waals surface area contributed by atoms with Gasteiger partial charge < -0.3 is 9.47 Å². The number of rotatable bonds is 6. The molecule has 0 radical (unpaired) electrons. The molecule has 1 heterocycles. The summed E-state index contributed by atoms with van der Waals surface area (Å²) in [5, 5.41) is 12.6. The second-order valence-electron chi connectivity index (χ2n) is 4.49. The molecule has 124 valence electrons. The highest BCUT2D eigenvalue weighted by molar-refractivity contribution is 7.12. The number of nitro benzene ring substituents is 1. The van der Waals surface area contributed by atoms with Gasteiger partial charge in [0.15, 0.2) is 6.61 Å². The van der Waals surface area contributed by atoms with Crippen molar-refractivity contribution >= 4 is 34.7 Å². The SMILES string of the molecule is COC(=O)c1cc(C(=O)OCC(=O)c2cccs2)cc([N+](=O)[O-])c1. The molecule has 0 atom stereocenters. The van der Waals surface area contributed by atoms with Crippen molar-refractivity contribution in [2.75, 3.05) is 13.7 Å².